The van der Waals surface area contributed by atoms with Crippen LogP contribution in [0.1, 0.15) is 39.2 Å². The zero-order valence-corrected chi connectivity index (χ0v) is 25.8. The van der Waals surface area contributed by atoms with Gasteiger partial charge in [0.15, 0.2) is 11.5 Å². The van der Waals surface area contributed by atoms with Crippen LogP contribution in [0, 0.1) is 0 Å². The fourth-order valence-electron chi connectivity index (χ4n) is 4.56. The van der Waals surface area contributed by atoms with Crippen LogP contribution in [0.25, 0.3) is 0 Å². The summed E-state index contributed by atoms with van der Waals surface area (Å²) >= 11 is 0. The van der Waals surface area contributed by atoms with Crippen LogP contribution < -0.4 is 19.1 Å². The summed E-state index contributed by atoms with van der Waals surface area (Å²) in [7, 11) is -1.35. The Hall–Kier alpha value is -4.05. The quantitative estimate of drug-likeness (QED) is 0.274. The summed E-state index contributed by atoms with van der Waals surface area (Å²) in [6, 6.07) is 21.6. The maximum Gasteiger partial charge on any atom is 0.264 e. The van der Waals surface area contributed by atoms with E-state index in [4.69, 9.17) is 9.47 Å². The second-order valence-electron chi connectivity index (χ2n) is 9.93. The van der Waals surface area contributed by atoms with Crippen LogP contribution in [0.3, 0.4) is 0 Å². The largest absolute Gasteiger partial charge is 0.493 e. The number of benzene rings is 3. The molecule has 0 aliphatic heterocycles. The van der Waals surface area contributed by atoms with Gasteiger partial charge < -0.3 is 19.7 Å². The molecule has 0 unspecified atom stereocenters. The topological polar surface area (TPSA) is 105 Å². The van der Waals surface area contributed by atoms with Gasteiger partial charge in [-0.1, -0.05) is 62.4 Å². The number of methoxy groups -OCH3 is 2. The Balaban J connectivity index is 2.02. The SMILES string of the molecule is CC[C@@H](C)NC(=O)[C@H](CC)N(CCc1ccccc1)C(=O)CN(c1ccccc1)S(=O)(=O)c1ccc(OC)c(OC)c1. The van der Waals surface area contributed by atoms with Crippen molar-refractivity contribution in [3.05, 3.63) is 84.4 Å². The van der Waals surface area contributed by atoms with Crippen molar-refractivity contribution in [3.63, 3.8) is 0 Å². The molecule has 0 spiro atoms. The fourth-order valence-corrected chi connectivity index (χ4v) is 5.99. The number of para-hydroxylation sites is 1. The first-order valence-electron chi connectivity index (χ1n) is 14.1. The number of nitrogens with zero attached hydrogens (tertiary/aromatic N) is 2. The van der Waals surface area contributed by atoms with Crippen LogP contribution in [-0.4, -0.2) is 64.5 Å². The fraction of sp³-hybridized carbons (Fsp3) is 0.375. The molecule has 0 aliphatic carbocycles. The van der Waals surface area contributed by atoms with E-state index in [2.05, 4.69) is 5.32 Å². The third kappa shape index (κ3) is 8.03. The Bertz CT molecular complexity index is 1420. The molecule has 0 aromatic heterocycles. The van der Waals surface area contributed by atoms with Gasteiger partial charge in [-0.05, 0) is 56.0 Å². The van der Waals surface area contributed by atoms with E-state index in [0.717, 1.165) is 16.3 Å². The van der Waals surface area contributed by atoms with Gasteiger partial charge in [0.1, 0.15) is 12.6 Å². The third-order valence-corrected chi connectivity index (χ3v) is 8.91. The summed E-state index contributed by atoms with van der Waals surface area (Å²) in [6.07, 6.45) is 1.62. The van der Waals surface area contributed by atoms with E-state index in [-0.39, 0.29) is 29.1 Å². The predicted molar refractivity (Wildman–Crippen MR) is 164 cm³/mol. The molecule has 2 amide bonds. The standard InChI is InChI=1S/C32H41N3O6S/c1-6-24(3)33-32(37)28(7-2)34(21-20-25-14-10-8-11-15-25)31(36)23-35(26-16-12-9-13-17-26)42(38,39)27-18-19-29(40-4)30(22-27)41-5/h8-19,22,24,28H,6-7,20-21,23H2,1-5H3,(H,33,37)/t24-,28+/m1/s1. The normalized spacial score (nSPS) is 12.6. The van der Waals surface area contributed by atoms with Gasteiger partial charge in [-0.25, -0.2) is 8.42 Å². The maximum atomic E-state index is 14.1. The number of sulfonamides is 1. The van der Waals surface area contributed by atoms with E-state index >= 15 is 0 Å². The highest BCUT2D eigenvalue weighted by molar-refractivity contribution is 7.92. The van der Waals surface area contributed by atoms with Gasteiger partial charge in [0.2, 0.25) is 11.8 Å². The van der Waals surface area contributed by atoms with Crippen molar-refractivity contribution in [3.8, 4) is 11.5 Å². The average Bonchev–Trinajstić information content (AvgIpc) is 3.01. The highest BCUT2D eigenvalue weighted by Crippen LogP contribution is 2.32. The molecule has 3 aromatic rings. The molecule has 0 heterocycles. The molecule has 1 N–H and O–H groups in total. The Morgan fingerprint density at radius 2 is 1.48 bits per heavy atom. The molecule has 2 atom stereocenters. The van der Waals surface area contributed by atoms with E-state index < -0.39 is 28.5 Å². The van der Waals surface area contributed by atoms with Crippen LogP contribution in [-0.2, 0) is 26.0 Å². The van der Waals surface area contributed by atoms with Crippen molar-refractivity contribution < 1.29 is 27.5 Å². The van der Waals surface area contributed by atoms with Gasteiger partial charge >= 0.3 is 0 Å². The zero-order valence-electron chi connectivity index (χ0n) is 24.9. The first-order valence-corrected chi connectivity index (χ1v) is 15.5. The number of carbonyl (C=O) groups is 2. The summed E-state index contributed by atoms with van der Waals surface area (Å²) in [6.45, 7) is 5.48. The second kappa shape index (κ2) is 15.3. The minimum absolute atomic E-state index is 0.0609. The van der Waals surface area contributed by atoms with Crippen molar-refractivity contribution in [1.82, 2.24) is 10.2 Å². The van der Waals surface area contributed by atoms with Crippen LogP contribution >= 0.6 is 0 Å². The van der Waals surface area contributed by atoms with Crippen LogP contribution in [0.5, 0.6) is 11.5 Å². The van der Waals surface area contributed by atoms with Crippen molar-refractivity contribution in [2.24, 2.45) is 0 Å². The van der Waals surface area contributed by atoms with Crippen molar-refractivity contribution in [2.75, 3.05) is 31.6 Å². The number of hydrogen-bond donors (Lipinski definition) is 1. The smallest absolute Gasteiger partial charge is 0.264 e. The van der Waals surface area contributed by atoms with E-state index in [1.54, 1.807) is 30.3 Å². The highest BCUT2D eigenvalue weighted by atomic mass is 32.2. The third-order valence-electron chi connectivity index (χ3n) is 7.14. The lowest BCUT2D eigenvalue weighted by Crippen LogP contribution is -2.54. The molecular formula is C32H41N3O6S. The average molecular weight is 596 g/mol. The molecule has 3 aromatic carbocycles. The highest BCUT2D eigenvalue weighted by Gasteiger charge is 2.34. The number of amides is 2. The summed E-state index contributed by atoms with van der Waals surface area (Å²) in [5.41, 5.74) is 1.33. The number of carbonyl (C=O) groups excluding carboxylic acids is 2. The van der Waals surface area contributed by atoms with Gasteiger partial charge in [0.05, 0.1) is 24.8 Å². The molecule has 0 fully saturated rings. The number of ether oxygens (including phenoxy) is 2. The summed E-state index contributed by atoms with van der Waals surface area (Å²) in [5.74, 6) is -0.119. The number of anilines is 1. The first-order chi connectivity index (χ1) is 20.2. The molecule has 3 rings (SSSR count). The number of rotatable bonds is 15. The van der Waals surface area contributed by atoms with Crippen molar-refractivity contribution in [2.45, 2.75) is 57.0 Å². The molecule has 226 valence electrons. The van der Waals surface area contributed by atoms with E-state index in [1.807, 2.05) is 51.1 Å². The molecule has 0 saturated carbocycles. The maximum absolute atomic E-state index is 14.1. The molecule has 0 bridgehead atoms. The molecule has 0 aliphatic rings. The molecule has 9 nitrogen and oxygen atoms in total. The van der Waals surface area contributed by atoms with Gasteiger partial charge in [0, 0.05) is 18.7 Å². The molecule has 10 heteroatoms. The lowest BCUT2D eigenvalue weighted by molar-refractivity contribution is -0.139. The molecular weight excluding hydrogens is 554 g/mol. The van der Waals surface area contributed by atoms with Crippen molar-refractivity contribution >= 4 is 27.5 Å². The Labute approximate surface area is 249 Å². The first kappa shape index (κ1) is 32.5. The molecule has 42 heavy (non-hydrogen) atoms. The minimum Gasteiger partial charge on any atom is -0.493 e. The lowest BCUT2D eigenvalue weighted by Gasteiger charge is -2.33. The summed E-state index contributed by atoms with van der Waals surface area (Å²) in [5, 5.41) is 2.99. The second-order valence-corrected chi connectivity index (χ2v) is 11.8. The molecule has 0 radical (unpaired) electrons. The van der Waals surface area contributed by atoms with Crippen LogP contribution in [0.15, 0.2) is 83.8 Å². The minimum atomic E-state index is -4.23. The summed E-state index contributed by atoms with van der Waals surface area (Å²) in [4.78, 5) is 28.9. The van der Waals surface area contributed by atoms with Gasteiger partial charge in [-0.3, -0.25) is 13.9 Å². The lowest BCUT2D eigenvalue weighted by atomic mass is 10.1. The van der Waals surface area contributed by atoms with E-state index in [1.165, 1.54) is 37.3 Å². The molecule has 0 saturated heterocycles. The Morgan fingerprint density at radius 3 is 2.05 bits per heavy atom. The van der Waals surface area contributed by atoms with E-state index in [9.17, 15) is 18.0 Å². The van der Waals surface area contributed by atoms with Crippen LogP contribution in [0.2, 0.25) is 0 Å². The summed E-state index contributed by atoms with van der Waals surface area (Å²) < 4.78 is 39.8. The van der Waals surface area contributed by atoms with Crippen LogP contribution in [0.4, 0.5) is 5.69 Å². The van der Waals surface area contributed by atoms with Gasteiger partial charge in [0.25, 0.3) is 10.0 Å². The Kier molecular flexibility index (Phi) is 11.8. The van der Waals surface area contributed by atoms with Gasteiger partial charge in [-0.15, -0.1) is 0 Å². The zero-order chi connectivity index (χ0) is 30.7. The number of nitrogens with one attached hydrogen (secondary N) is 1. The Morgan fingerprint density at radius 1 is 0.857 bits per heavy atom. The number of hydrogen-bond acceptors (Lipinski definition) is 6. The predicted octanol–water partition coefficient (Wildman–Crippen LogP) is 4.66. The van der Waals surface area contributed by atoms with Crippen molar-refractivity contribution in [1.29, 1.82) is 0 Å². The van der Waals surface area contributed by atoms with E-state index in [0.29, 0.717) is 24.3 Å². The van der Waals surface area contributed by atoms with Gasteiger partial charge in [-0.2, -0.15) is 0 Å². The monoisotopic (exact) mass is 595 g/mol.